The molecule has 6 heteroatoms. The van der Waals surface area contributed by atoms with Crippen molar-refractivity contribution >= 4 is 23.2 Å². The third-order valence-electron chi connectivity index (χ3n) is 1.93. The molecule has 0 unspecified atom stereocenters. The predicted octanol–water partition coefficient (Wildman–Crippen LogP) is 1.79. The topological polar surface area (TPSA) is 61.5 Å². The van der Waals surface area contributed by atoms with Crippen molar-refractivity contribution < 1.29 is 18.7 Å². The average Bonchev–Trinajstić information content (AvgIpc) is 2.26. The number of carbonyl (C=O) groups excluding carboxylic acids is 1. The monoisotopic (exact) mass is 271 g/mol. The third kappa shape index (κ3) is 4.29. The smallest absolute Gasteiger partial charge is 0.344 e. The first-order valence-corrected chi connectivity index (χ1v) is 5.72. The molecule has 0 heterocycles. The van der Waals surface area contributed by atoms with Crippen LogP contribution in [0.25, 0.3) is 0 Å². The van der Waals surface area contributed by atoms with Gasteiger partial charge in [-0.3, -0.25) is 0 Å². The summed E-state index contributed by atoms with van der Waals surface area (Å²) in [4.78, 5) is 11.3. The molecule has 2 N–H and O–H groups in total. The molecule has 18 heavy (non-hydrogen) atoms. The van der Waals surface area contributed by atoms with Gasteiger partial charge in [-0.1, -0.05) is 12.2 Å². The maximum atomic E-state index is 13.5. The molecule has 4 nitrogen and oxygen atoms in total. The van der Waals surface area contributed by atoms with Crippen LogP contribution in [0.5, 0.6) is 5.75 Å². The van der Waals surface area contributed by atoms with E-state index >= 15 is 0 Å². The zero-order chi connectivity index (χ0) is 13.7. The highest BCUT2D eigenvalue weighted by molar-refractivity contribution is 7.80. The summed E-state index contributed by atoms with van der Waals surface area (Å²) in [6.07, 6.45) is -0.233. The summed E-state index contributed by atoms with van der Waals surface area (Å²) in [5.41, 5.74) is 5.76. The first-order valence-electron chi connectivity index (χ1n) is 5.31. The number of hydrogen-bond acceptors (Lipinski definition) is 4. The van der Waals surface area contributed by atoms with E-state index in [2.05, 4.69) is 0 Å². The second-order valence-corrected chi connectivity index (χ2v) is 4.28. The van der Waals surface area contributed by atoms with Crippen LogP contribution in [0.4, 0.5) is 4.39 Å². The second kappa shape index (κ2) is 6.30. The number of benzene rings is 1. The van der Waals surface area contributed by atoms with Crippen molar-refractivity contribution in [3.63, 3.8) is 0 Å². The lowest BCUT2D eigenvalue weighted by Crippen LogP contribution is -2.19. The molecule has 0 radical (unpaired) electrons. The highest BCUT2D eigenvalue weighted by Crippen LogP contribution is 2.18. The van der Waals surface area contributed by atoms with Crippen molar-refractivity contribution in [1.82, 2.24) is 0 Å². The molecule has 0 aliphatic carbocycles. The van der Waals surface area contributed by atoms with Gasteiger partial charge in [-0.25, -0.2) is 9.18 Å². The summed E-state index contributed by atoms with van der Waals surface area (Å²) in [6, 6.07) is 4.05. The summed E-state index contributed by atoms with van der Waals surface area (Å²) >= 11 is 4.71. The predicted molar refractivity (Wildman–Crippen MR) is 69.0 cm³/mol. The lowest BCUT2D eigenvalue weighted by molar-refractivity contribution is -0.149. The van der Waals surface area contributed by atoms with E-state index in [9.17, 15) is 9.18 Å². The van der Waals surface area contributed by atoms with E-state index in [0.29, 0.717) is 5.56 Å². The fraction of sp³-hybridized carbons (Fsp3) is 0.333. The van der Waals surface area contributed by atoms with Gasteiger partial charge in [-0.2, -0.15) is 0 Å². The molecule has 0 aromatic heterocycles. The summed E-state index contributed by atoms with van der Waals surface area (Å²) in [7, 11) is 0. The highest BCUT2D eigenvalue weighted by Gasteiger charge is 2.10. The number of carbonyl (C=O) groups is 1. The fourth-order valence-corrected chi connectivity index (χ4v) is 1.33. The van der Waals surface area contributed by atoms with Gasteiger partial charge in [0.25, 0.3) is 0 Å². The second-order valence-electron chi connectivity index (χ2n) is 3.84. The molecule has 0 saturated heterocycles. The fourth-order valence-electron chi connectivity index (χ4n) is 1.20. The molecule has 0 amide bonds. The van der Waals surface area contributed by atoms with Crippen LogP contribution in [-0.4, -0.2) is 23.7 Å². The Morgan fingerprint density at radius 1 is 1.50 bits per heavy atom. The van der Waals surface area contributed by atoms with Gasteiger partial charge in [0.2, 0.25) is 0 Å². The Labute approximate surface area is 110 Å². The van der Waals surface area contributed by atoms with Gasteiger partial charge in [0.05, 0.1) is 6.10 Å². The Morgan fingerprint density at radius 3 is 2.67 bits per heavy atom. The quantitative estimate of drug-likeness (QED) is 0.653. The Morgan fingerprint density at radius 2 is 2.17 bits per heavy atom. The number of thiocarbonyl (C=S) groups is 1. The number of hydrogen-bond donors (Lipinski definition) is 1. The third-order valence-corrected chi connectivity index (χ3v) is 2.16. The van der Waals surface area contributed by atoms with Crippen LogP contribution in [0.3, 0.4) is 0 Å². The summed E-state index contributed by atoms with van der Waals surface area (Å²) in [6.45, 7) is 3.09. The molecule has 0 saturated carbocycles. The molecule has 98 valence electrons. The molecule has 1 rings (SSSR count). The molecular weight excluding hydrogens is 257 g/mol. The molecule has 0 atom stereocenters. The lowest BCUT2D eigenvalue weighted by atomic mass is 10.2. The first-order chi connectivity index (χ1) is 8.40. The summed E-state index contributed by atoms with van der Waals surface area (Å²) < 4.78 is 23.4. The van der Waals surface area contributed by atoms with E-state index in [1.165, 1.54) is 12.1 Å². The van der Waals surface area contributed by atoms with Crippen molar-refractivity contribution in [2.45, 2.75) is 20.0 Å². The summed E-state index contributed by atoms with van der Waals surface area (Å²) in [5.74, 6) is -1.23. The molecule has 1 aromatic rings. The lowest BCUT2D eigenvalue weighted by Gasteiger charge is -2.10. The number of halogens is 1. The first kappa shape index (κ1) is 14.4. The molecule has 0 fully saturated rings. The van der Waals surface area contributed by atoms with E-state index < -0.39 is 11.8 Å². The van der Waals surface area contributed by atoms with Gasteiger partial charge >= 0.3 is 5.97 Å². The zero-order valence-corrected chi connectivity index (χ0v) is 10.9. The summed E-state index contributed by atoms with van der Waals surface area (Å²) in [5, 5.41) is 0. The van der Waals surface area contributed by atoms with Crippen molar-refractivity contribution in [1.29, 1.82) is 0 Å². The normalized spacial score (nSPS) is 10.2. The number of ether oxygens (including phenoxy) is 2. The SMILES string of the molecule is CC(C)OC(=O)COc1ccc(C(N)=S)cc1F. The molecule has 0 spiro atoms. The van der Waals surface area contributed by atoms with Gasteiger partial charge < -0.3 is 15.2 Å². The van der Waals surface area contributed by atoms with E-state index in [1.807, 2.05) is 0 Å². The van der Waals surface area contributed by atoms with Crippen LogP contribution in [0.15, 0.2) is 18.2 Å². The van der Waals surface area contributed by atoms with Crippen LogP contribution < -0.4 is 10.5 Å². The van der Waals surface area contributed by atoms with E-state index in [0.717, 1.165) is 6.07 Å². The highest BCUT2D eigenvalue weighted by atomic mass is 32.1. The van der Waals surface area contributed by atoms with E-state index in [-0.39, 0.29) is 23.4 Å². The maximum Gasteiger partial charge on any atom is 0.344 e. The van der Waals surface area contributed by atoms with Gasteiger partial charge in [-0.05, 0) is 32.0 Å². The Bertz CT molecular complexity index is 463. The van der Waals surface area contributed by atoms with Crippen molar-refractivity contribution in [3.8, 4) is 5.75 Å². The minimum atomic E-state index is -0.627. The van der Waals surface area contributed by atoms with Crippen LogP contribution in [-0.2, 0) is 9.53 Å². The average molecular weight is 271 g/mol. The largest absolute Gasteiger partial charge is 0.479 e. The maximum absolute atomic E-state index is 13.5. The molecule has 0 bridgehead atoms. The molecular formula is C12H14FNO3S. The minimum absolute atomic E-state index is 0.0456. The standard InChI is InChI=1S/C12H14FNO3S/c1-7(2)17-11(15)6-16-10-4-3-8(12(14)18)5-9(10)13/h3-5,7H,6H2,1-2H3,(H2,14,18). The van der Waals surface area contributed by atoms with Crippen molar-refractivity contribution in [2.24, 2.45) is 5.73 Å². The van der Waals surface area contributed by atoms with Crippen LogP contribution in [0.2, 0.25) is 0 Å². The van der Waals surface area contributed by atoms with Crippen LogP contribution >= 0.6 is 12.2 Å². The molecule has 1 aromatic carbocycles. The van der Waals surface area contributed by atoms with Crippen molar-refractivity contribution in [3.05, 3.63) is 29.6 Å². The van der Waals surface area contributed by atoms with E-state index in [1.54, 1.807) is 13.8 Å². The van der Waals surface area contributed by atoms with Crippen LogP contribution in [0.1, 0.15) is 19.4 Å². The number of esters is 1. The van der Waals surface area contributed by atoms with Gasteiger partial charge in [-0.15, -0.1) is 0 Å². The minimum Gasteiger partial charge on any atom is -0.479 e. The Hall–Kier alpha value is -1.69. The Balaban J connectivity index is 2.63. The Kier molecular flexibility index (Phi) is 5.03. The molecule has 0 aliphatic rings. The van der Waals surface area contributed by atoms with Gasteiger partial charge in [0.1, 0.15) is 4.99 Å². The molecule has 0 aliphatic heterocycles. The van der Waals surface area contributed by atoms with E-state index in [4.69, 9.17) is 27.4 Å². The van der Waals surface area contributed by atoms with Crippen molar-refractivity contribution in [2.75, 3.05) is 6.61 Å². The number of nitrogens with two attached hydrogens (primary N) is 1. The van der Waals surface area contributed by atoms with Gasteiger partial charge in [0.15, 0.2) is 18.2 Å². The zero-order valence-electron chi connectivity index (χ0n) is 10.1. The van der Waals surface area contributed by atoms with Gasteiger partial charge in [0, 0.05) is 5.56 Å². The number of rotatable bonds is 5. The van der Waals surface area contributed by atoms with Crippen LogP contribution in [0, 0.1) is 5.82 Å².